The first-order valence-electron chi connectivity index (χ1n) is 10.0. The molecule has 0 aromatic heterocycles. The highest BCUT2D eigenvalue weighted by atomic mass is 16.5. The zero-order valence-corrected chi connectivity index (χ0v) is 16.6. The number of unbranched alkanes of at least 4 members (excludes halogenated alkanes) is 1. The Bertz CT molecular complexity index is 820. The van der Waals surface area contributed by atoms with Gasteiger partial charge in [0.15, 0.2) is 6.10 Å². The van der Waals surface area contributed by atoms with Crippen molar-refractivity contribution in [2.45, 2.75) is 52.1 Å². The maximum absolute atomic E-state index is 12.7. The second kappa shape index (κ2) is 9.40. The number of rotatable bonds is 8. The molecule has 0 fully saturated rings. The fraction of sp³-hybridized carbons (Fsp3) is 0.391. The number of nitrogens with zero attached hydrogens (tertiary/aromatic N) is 1. The van der Waals surface area contributed by atoms with Crippen molar-refractivity contribution in [1.29, 1.82) is 0 Å². The van der Waals surface area contributed by atoms with E-state index in [-0.39, 0.29) is 11.8 Å². The van der Waals surface area contributed by atoms with Crippen LogP contribution >= 0.6 is 0 Å². The minimum absolute atomic E-state index is 0.00569. The summed E-state index contributed by atoms with van der Waals surface area (Å²) in [5.41, 5.74) is 2.68. The van der Waals surface area contributed by atoms with E-state index in [9.17, 15) is 9.59 Å². The van der Waals surface area contributed by atoms with Crippen molar-refractivity contribution in [3.63, 3.8) is 0 Å². The monoisotopic (exact) mass is 380 g/mol. The molecular formula is C23H28N2O3. The zero-order chi connectivity index (χ0) is 19.9. The molecule has 1 N–H and O–H groups in total. The summed E-state index contributed by atoms with van der Waals surface area (Å²) < 4.78 is 5.76. The average molecular weight is 380 g/mol. The van der Waals surface area contributed by atoms with Gasteiger partial charge in [0.2, 0.25) is 5.91 Å². The normalized spacial score (nSPS) is 15.7. The quantitative estimate of drug-likeness (QED) is 0.730. The Morgan fingerprint density at radius 1 is 1.14 bits per heavy atom. The first kappa shape index (κ1) is 19.9. The predicted octanol–water partition coefficient (Wildman–Crippen LogP) is 4.56. The van der Waals surface area contributed by atoms with Gasteiger partial charge < -0.3 is 15.0 Å². The number of amides is 2. The van der Waals surface area contributed by atoms with Gasteiger partial charge in [-0.2, -0.15) is 0 Å². The summed E-state index contributed by atoms with van der Waals surface area (Å²) >= 11 is 0. The Morgan fingerprint density at radius 2 is 1.93 bits per heavy atom. The first-order chi connectivity index (χ1) is 13.6. The summed E-state index contributed by atoms with van der Waals surface area (Å²) in [5, 5.41) is 2.92. The smallest absolute Gasteiger partial charge is 0.267 e. The second-order valence-electron chi connectivity index (χ2n) is 7.17. The number of aryl methyl sites for hydroxylation is 1. The third-order valence-corrected chi connectivity index (χ3v) is 4.90. The molecule has 1 aliphatic rings. The summed E-state index contributed by atoms with van der Waals surface area (Å²) in [5.74, 6) is 0.627. The van der Waals surface area contributed by atoms with Crippen molar-refractivity contribution >= 4 is 23.2 Å². The third-order valence-electron chi connectivity index (χ3n) is 4.90. The van der Waals surface area contributed by atoms with Crippen LogP contribution in [0.1, 0.15) is 45.1 Å². The molecular weight excluding hydrogens is 352 g/mol. The van der Waals surface area contributed by atoms with Crippen LogP contribution in [0.5, 0.6) is 5.75 Å². The zero-order valence-electron chi connectivity index (χ0n) is 16.6. The molecule has 1 heterocycles. The number of anilines is 2. The van der Waals surface area contributed by atoms with Crippen LogP contribution in [0.4, 0.5) is 11.4 Å². The summed E-state index contributed by atoms with van der Waals surface area (Å²) in [6, 6.07) is 15.8. The van der Waals surface area contributed by atoms with E-state index in [0.29, 0.717) is 24.4 Å². The molecule has 5 heteroatoms. The average Bonchev–Trinajstić information content (AvgIpc) is 2.70. The van der Waals surface area contributed by atoms with Crippen LogP contribution < -0.4 is 15.0 Å². The van der Waals surface area contributed by atoms with Crippen LogP contribution in [0.2, 0.25) is 0 Å². The molecule has 1 unspecified atom stereocenters. The van der Waals surface area contributed by atoms with Gasteiger partial charge in [0.1, 0.15) is 5.75 Å². The summed E-state index contributed by atoms with van der Waals surface area (Å²) in [4.78, 5) is 26.5. The van der Waals surface area contributed by atoms with Gasteiger partial charge >= 0.3 is 0 Å². The van der Waals surface area contributed by atoms with Crippen molar-refractivity contribution in [3.05, 3.63) is 54.1 Å². The number of carbonyl (C=O) groups excluding carboxylic acids is 2. The van der Waals surface area contributed by atoms with Gasteiger partial charge in [-0.1, -0.05) is 43.7 Å². The molecule has 2 aromatic rings. The molecule has 2 aromatic carbocycles. The predicted molar refractivity (Wildman–Crippen MR) is 112 cm³/mol. The van der Waals surface area contributed by atoms with Crippen LogP contribution in [0.25, 0.3) is 0 Å². The lowest BCUT2D eigenvalue weighted by molar-refractivity contribution is -0.125. The number of ether oxygens (including phenoxy) is 1. The Morgan fingerprint density at radius 3 is 2.68 bits per heavy atom. The van der Waals surface area contributed by atoms with Crippen LogP contribution in [-0.2, 0) is 16.0 Å². The van der Waals surface area contributed by atoms with E-state index >= 15 is 0 Å². The van der Waals surface area contributed by atoms with E-state index in [4.69, 9.17) is 4.74 Å². The molecule has 0 radical (unpaired) electrons. The Balaban J connectivity index is 1.72. The second-order valence-corrected chi connectivity index (χ2v) is 7.17. The van der Waals surface area contributed by atoms with Crippen molar-refractivity contribution in [1.82, 2.24) is 0 Å². The molecule has 3 rings (SSSR count). The van der Waals surface area contributed by atoms with Crippen LogP contribution in [-0.4, -0.2) is 24.5 Å². The van der Waals surface area contributed by atoms with Crippen LogP contribution in [0.3, 0.4) is 0 Å². The highest BCUT2D eigenvalue weighted by Gasteiger charge is 2.31. The lowest BCUT2D eigenvalue weighted by atomic mass is 10.1. The Hall–Kier alpha value is -2.82. The van der Waals surface area contributed by atoms with Crippen molar-refractivity contribution in [3.8, 4) is 5.75 Å². The van der Waals surface area contributed by atoms with Gasteiger partial charge in [0.25, 0.3) is 5.91 Å². The standard InChI is InChI=1S/C23H28N2O3/c1-3-4-12-22(26)24-19-13-14-21-20(16-19)25(23(27)17(2)28-21)15-8-11-18-9-6-5-7-10-18/h5-7,9-10,13-14,16-17H,3-4,8,11-12,15H2,1-2H3,(H,24,26). The maximum atomic E-state index is 12.7. The number of carbonyl (C=O) groups is 2. The molecule has 148 valence electrons. The Labute approximate surface area is 166 Å². The van der Waals surface area contributed by atoms with E-state index in [1.54, 1.807) is 11.8 Å². The van der Waals surface area contributed by atoms with Gasteiger partial charge in [-0.3, -0.25) is 9.59 Å². The van der Waals surface area contributed by atoms with E-state index in [1.165, 1.54) is 5.56 Å². The lowest BCUT2D eigenvalue weighted by Gasteiger charge is -2.33. The molecule has 0 bridgehead atoms. The fourth-order valence-electron chi connectivity index (χ4n) is 3.36. The van der Waals surface area contributed by atoms with E-state index in [2.05, 4.69) is 24.4 Å². The molecule has 0 spiro atoms. The van der Waals surface area contributed by atoms with E-state index < -0.39 is 6.10 Å². The fourth-order valence-corrected chi connectivity index (χ4v) is 3.36. The van der Waals surface area contributed by atoms with Crippen LogP contribution in [0, 0.1) is 0 Å². The minimum atomic E-state index is -0.505. The topological polar surface area (TPSA) is 58.6 Å². The molecule has 1 aliphatic heterocycles. The van der Waals surface area contributed by atoms with Gasteiger partial charge in [-0.25, -0.2) is 0 Å². The van der Waals surface area contributed by atoms with Crippen LogP contribution in [0.15, 0.2) is 48.5 Å². The van der Waals surface area contributed by atoms with Gasteiger partial charge in [-0.05, 0) is 49.9 Å². The highest BCUT2D eigenvalue weighted by molar-refractivity contribution is 6.01. The SMILES string of the molecule is CCCCC(=O)Nc1ccc2c(c1)N(CCCc1ccccc1)C(=O)C(C)O2. The highest BCUT2D eigenvalue weighted by Crippen LogP contribution is 2.36. The number of nitrogens with one attached hydrogen (secondary N) is 1. The first-order valence-corrected chi connectivity index (χ1v) is 10.0. The van der Waals surface area contributed by atoms with Gasteiger partial charge in [0, 0.05) is 18.7 Å². The van der Waals surface area contributed by atoms with E-state index in [0.717, 1.165) is 31.4 Å². The minimum Gasteiger partial charge on any atom is -0.479 e. The molecule has 2 amide bonds. The molecule has 0 saturated carbocycles. The number of benzene rings is 2. The summed E-state index contributed by atoms with van der Waals surface area (Å²) in [6.45, 7) is 4.45. The molecule has 28 heavy (non-hydrogen) atoms. The lowest BCUT2D eigenvalue weighted by Crippen LogP contribution is -2.45. The number of hydrogen-bond acceptors (Lipinski definition) is 3. The van der Waals surface area contributed by atoms with Gasteiger partial charge in [-0.15, -0.1) is 0 Å². The van der Waals surface area contributed by atoms with E-state index in [1.807, 2.05) is 36.4 Å². The maximum Gasteiger partial charge on any atom is 0.267 e. The Kier molecular flexibility index (Phi) is 6.69. The summed E-state index contributed by atoms with van der Waals surface area (Å²) in [7, 11) is 0. The number of hydrogen-bond donors (Lipinski definition) is 1. The third kappa shape index (κ3) is 4.91. The number of fused-ring (bicyclic) bond motifs is 1. The van der Waals surface area contributed by atoms with Gasteiger partial charge in [0.05, 0.1) is 5.69 Å². The summed E-state index contributed by atoms with van der Waals surface area (Å²) in [6.07, 6.45) is 3.60. The molecule has 0 aliphatic carbocycles. The van der Waals surface area contributed by atoms with Crippen molar-refractivity contribution < 1.29 is 14.3 Å². The van der Waals surface area contributed by atoms with Crippen molar-refractivity contribution in [2.24, 2.45) is 0 Å². The molecule has 0 saturated heterocycles. The molecule has 5 nitrogen and oxygen atoms in total. The molecule has 1 atom stereocenters. The van der Waals surface area contributed by atoms with Crippen molar-refractivity contribution in [2.75, 3.05) is 16.8 Å². The largest absolute Gasteiger partial charge is 0.479 e.